The van der Waals surface area contributed by atoms with Crippen LogP contribution in [0.25, 0.3) is 0 Å². The van der Waals surface area contributed by atoms with Gasteiger partial charge in [0.05, 0.1) is 0 Å². The van der Waals surface area contributed by atoms with Crippen molar-refractivity contribution in [3.8, 4) is 0 Å². The lowest BCUT2D eigenvalue weighted by Crippen LogP contribution is -2.06. The molecule has 2 aromatic rings. The molecule has 0 radical (unpaired) electrons. The van der Waals surface area contributed by atoms with Crippen LogP contribution in [-0.4, -0.2) is 16.5 Å². The maximum Gasteiger partial charge on any atom is 0.222 e. The molecule has 0 aliphatic heterocycles. The van der Waals surface area contributed by atoms with Gasteiger partial charge >= 0.3 is 0 Å². The molecule has 1 N–H and O–H groups in total. The first-order valence-electron chi connectivity index (χ1n) is 6.02. The highest BCUT2D eigenvalue weighted by molar-refractivity contribution is 9.10. The van der Waals surface area contributed by atoms with E-state index in [4.69, 9.17) is 0 Å². The van der Waals surface area contributed by atoms with Gasteiger partial charge in [0.2, 0.25) is 5.95 Å². The van der Waals surface area contributed by atoms with Gasteiger partial charge in [-0.1, -0.05) is 28.1 Å². The Balaban J connectivity index is 1.76. The highest BCUT2D eigenvalue weighted by Gasteiger charge is 1.97. The Labute approximate surface area is 116 Å². The van der Waals surface area contributed by atoms with E-state index in [1.165, 1.54) is 5.56 Å². The molecule has 0 saturated carbocycles. The Hall–Kier alpha value is -1.42. The summed E-state index contributed by atoms with van der Waals surface area (Å²) in [5.41, 5.74) is 2.33. The third-order valence-electron chi connectivity index (χ3n) is 2.61. The second-order valence-electron chi connectivity index (χ2n) is 4.18. The summed E-state index contributed by atoms with van der Waals surface area (Å²) in [6, 6.07) is 10.3. The van der Waals surface area contributed by atoms with E-state index in [2.05, 4.69) is 49.4 Å². The predicted octanol–water partition coefficient (Wildman–Crippen LogP) is 3.59. The predicted molar refractivity (Wildman–Crippen MR) is 77.7 cm³/mol. The standard InChI is InChI=1S/C14H16BrN3/c1-11-7-9-17-14(18-11)16-8-3-5-12-4-2-6-13(15)10-12/h2,4,6-7,9-10H,3,5,8H2,1H3,(H,16,17,18). The van der Waals surface area contributed by atoms with E-state index in [-0.39, 0.29) is 0 Å². The zero-order valence-corrected chi connectivity index (χ0v) is 11.9. The van der Waals surface area contributed by atoms with E-state index < -0.39 is 0 Å². The molecule has 94 valence electrons. The highest BCUT2D eigenvalue weighted by atomic mass is 79.9. The number of halogens is 1. The molecule has 0 amide bonds. The minimum Gasteiger partial charge on any atom is -0.354 e. The zero-order chi connectivity index (χ0) is 12.8. The average Bonchev–Trinajstić information content (AvgIpc) is 2.35. The topological polar surface area (TPSA) is 37.8 Å². The fourth-order valence-corrected chi connectivity index (χ4v) is 2.17. The highest BCUT2D eigenvalue weighted by Crippen LogP contribution is 2.13. The van der Waals surface area contributed by atoms with Crippen molar-refractivity contribution in [2.24, 2.45) is 0 Å². The van der Waals surface area contributed by atoms with Gasteiger partial charge in [0.1, 0.15) is 0 Å². The molecule has 1 aromatic heterocycles. The molecule has 0 saturated heterocycles. The Kier molecular flexibility index (Phi) is 4.70. The van der Waals surface area contributed by atoms with Gasteiger partial charge in [-0.2, -0.15) is 0 Å². The smallest absolute Gasteiger partial charge is 0.222 e. The second-order valence-corrected chi connectivity index (χ2v) is 5.10. The Morgan fingerprint density at radius 1 is 1.28 bits per heavy atom. The fraction of sp³-hybridized carbons (Fsp3) is 0.286. The maximum atomic E-state index is 4.30. The number of hydrogen-bond acceptors (Lipinski definition) is 3. The van der Waals surface area contributed by atoms with E-state index in [0.717, 1.165) is 29.6 Å². The lowest BCUT2D eigenvalue weighted by atomic mass is 10.1. The van der Waals surface area contributed by atoms with Gasteiger partial charge in [0.15, 0.2) is 0 Å². The van der Waals surface area contributed by atoms with Gasteiger partial charge in [0, 0.05) is 22.9 Å². The first-order valence-corrected chi connectivity index (χ1v) is 6.81. The van der Waals surface area contributed by atoms with Crippen LogP contribution in [0.3, 0.4) is 0 Å². The molecule has 0 bridgehead atoms. The van der Waals surface area contributed by atoms with Crippen molar-refractivity contribution >= 4 is 21.9 Å². The number of aryl methyl sites for hydroxylation is 2. The summed E-state index contributed by atoms with van der Waals surface area (Å²) >= 11 is 3.48. The van der Waals surface area contributed by atoms with E-state index in [1.54, 1.807) is 6.20 Å². The molecule has 0 atom stereocenters. The summed E-state index contributed by atoms with van der Waals surface area (Å²) < 4.78 is 1.13. The second kappa shape index (κ2) is 6.50. The molecular formula is C14H16BrN3. The number of hydrogen-bond donors (Lipinski definition) is 1. The molecule has 0 unspecified atom stereocenters. The number of benzene rings is 1. The minimum atomic E-state index is 0.712. The molecule has 0 aliphatic carbocycles. The van der Waals surface area contributed by atoms with Gasteiger partial charge in [-0.15, -0.1) is 0 Å². The fourth-order valence-electron chi connectivity index (χ4n) is 1.72. The van der Waals surface area contributed by atoms with Crippen LogP contribution in [-0.2, 0) is 6.42 Å². The van der Waals surface area contributed by atoms with Crippen LogP contribution >= 0.6 is 15.9 Å². The van der Waals surface area contributed by atoms with Gasteiger partial charge in [-0.05, 0) is 43.5 Å². The lowest BCUT2D eigenvalue weighted by Gasteiger charge is -2.05. The van der Waals surface area contributed by atoms with E-state index in [9.17, 15) is 0 Å². The summed E-state index contributed by atoms with van der Waals surface area (Å²) in [6.45, 7) is 2.85. The van der Waals surface area contributed by atoms with Crippen LogP contribution in [0, 0.1) is 6.92 Å². The molecule has 2 rings (SSSR count). The summed E-state index contributed by atoms with van der Waals surface area (Å²) in [4.78, 5) is 8.47. The number of nitrogens with zero attached hydrogens (tertiary/aromatic N) is 2. The van der Waals surface area contributed by atoms with Crippen molar-refractivity contribution in [3.63, 3.8) is 0 Å². The molecule has 1 aromatic carbocycles. The zero-order valence-electron chi connectivity index (χ0n) is 10.4. The van der Waals surface area contributed by atoms with Gasteiger partial charge in [-0.3, -0.25) is 0 Å². The van der Waals surface area contributed by atoms with Crippen LogP contribution in [0.5, 0.6) is 0 Å². The van der Waals surface area contributed by atoms with Crippen molar-refractivity contribution < 1.29 is 0 Å². The molecule has 4 heteroatoms. The molecule has 0 fully saturated rings. The molecule has 1 heterocycles. The van der Waals surface area contributed by atoms with Gasteiger partial charge in [-0.25, -0.2) is 9.97 Å². The van der Waals surface area contributed by atoms with E-state index >= 15 is 0 Å². The summed E-state index contributed by atoms with van der Waals surface area (Å²) in [6.07, 6.45) is 3.89. The third kappa shape index (κ3) is 4.11. The normalized spacial score (nSPS) is 10.3. The first-order chi connectivity index (χ1) is 8.74. The molecule has 0 spiro atoms. The molecule has 18 heavy (non-hydrogen) atoms. The van der Waals surface area contributed by atoms with Gasteiger partial charge < -0.3 is 5.32 Å². The SMILES string of the molecule is Cc1ccnc(NCCCc2cccc(Br)c2)n1. The minimum absolute atomic E-state index is 0.712. The van der Waals surface area contributed by atoms with Crippen LogP contribution in [0.2, 0.25) is 0 Å². The van der Waals surface area contributed by atoms with E-state index in [0.29, 0.717) is 5.95 Å². The third-order valence-corrected chi connectivity index (χ3v) is 3.10. The van der Waals surface area contributed by atoms with E-state index in [1.807, 2.05) is 19.1 Å². The van der Waals surface area contributed by atoms with Crippen molar-refractivity contribution in [1.29, 1.82) is 0 Å². The van der Waals surface area contributed by atoms with Gasteiger partial charge in [0.25, 0.3) is 0 Å². The van der Waals surface area contributed by atoms with Crippen molar-refractivity contribution in [2.45, 2.75) is 19.8 Å². The number of anilines is 1. The van der Waals surface area contributed by atoms with Crippen LogP contribution in [0.15, 0.2) is 41.0 Å². The van der Waals surface area contributed by atoms with Crippen LogP contribution in [0.4, 0.5) is 5.95 Å². The number of rotatable bonds is 5. The summed E-state index contributed by atoms with van der Waals surface area (Å²) in [5, 5.41) is 3.24. The quantitative estimate of drug-likeness (QED) is 0.858. The largest absolute Gasteiger partial charge is 0.354 e. The van der Waals surface area contributed by atoms with Crippen LogP contribution < -0.4 is 5.32 Å². The molecular weight excluding hydrogens is 290 g/mol. The van der Waals surface area contributed by atoms with Crippen LogP contribution in [0.1, 0.15) is 17.7 Å². The monoisotopic (exact) mass is 305 g/mol. The van der Waals surface area contributed by atoms with Crippen molar-refractivity contribution in [3.05, 3.63) is 52.3 Å². The Morgan fingerprint density at radius 2 is 2.17 bits per heavy atom. The Bertz CT molecular complexity index is 466. The average molecular weight is 306 g/mol. The van der Waals surface area contributed by atoms with Crippen molar-refractivity contribution in [2.75, 3.05) is 11.9 Å². The molecule has 3 nitrogen and oxygen atoms in total. The first kappa shape index (κ1) is 13.0. The summed E-state index contributed by atoms with van der Waals surface area (Å²) in [5.74, 6) is 0.712. The summed E-state index contributed by atoms with van der Waals surface area (Å²) in [7, 11) is 0. The molecule has 0 aliphatic rings. The lowest BCUT2D eigenvalue weighted by molar-refractivity contribution is 0.851. The maximum absolute atomic E-state index is 4.30. The van der Waals surface area contributed by atoms with Crippen molar-refractivity contribution in [1.82, 2.24) is 9.97 Å². The number of nitrogens with one attached hydrogen (secondary N) is 1. The Morgan fingerprint density at radius 3 is 2.94 bits per heavy atom. The number of aromatic nitrogens is 2.